The largest absolute Gasteiger partial charge is 0.508 e. The molecule has 160 valence electrons. The Labute approximate surface area is 186 Å². The summed E-state index contributed by atoms with van der Waals surface area (Å²) in [5, 5.41) is 22.5. The monoisotopic (exact) mass is 455 g/mol. The third kappa shape index (κ3) is 4.00. The number of aryl methyl sites for hydroxylation is 1. The first kappa shape index (κ1) is 20.3. The number of hydrogen-bond acceptors (Lipinski definition) is 8. The summed E-state index contributed by atoms with van der Waals surface area (Å²) in [6, 6.07) is 8.96. The van der Waals surface area contributed by atoms with Crippen LogP contribution in [0, 0.1) is 6.92 Å². The number of thiophene rings is 1. The molecule has 0 amide bonds. The van der Waals surface area contributed by atoms with E-state index in [4.69, 9.17) is 9.15 Å². The third-order valence-corrected chi connectivity index (χ3v) is 7.32. The van der Waals surface area contributed by atoms with Gasteiger partial charge in [0, 0.05) is 29.4 Å². The van der Waals surface area contributed by atoms with Crippen molar-refractivity contribution in [2.24, 2.45) is 0 Å². The first-order valence-electron chi connectivity index (χ1n) is 10.1. The van der Waals surface area contributed by atoms with Gasteiger partial charge in [-0.25, -0.2) is 4.79 Å². The predicted molar refractivity (Wildman–Crippen MR) is 121 cm³/mol. The minimum Gasteiger partial charge on any atom is -0.508 e. The molecule has 0 radical (unpaired) electrons. The molecule has 5 rings (SSSR count). The van der Waals surface area contributed by atoms with E-state index in [-0.39, 0.29) is 11.9 Å². The molecule has 0 spiro atoms. The van der Waals surface area contributed by atoms with E-state index in [1.54, 1.807) is 30.4 Å². The molecule has 3 aromatic heterocycles. The van der Waals surface area contributed by atoms with Crippen molar-refractivity contribution in [3.63, 3.8) is 0 Å². The number of fused-ring (bicyclic) bond motifs is 1. The Kier molecular flexibility index (Phi) is 5.56. The maximum Gasteiger partial charge on any atom is 0.336 e. The van der Waals surface area contributed by atoms with Gasteiger partial charge in [0.2, 0.25) is 0 Å². The van der Waals surface area contributed by atoms with Crippen LogP contribution in [-0.4, -0.2) is 32.6 Å². The number of phenolic OH excluding ortho intramolecular Hbond substituents is 1. The molecule has 1 N–H and O–H groups in total. The molecular formula is C22H21N3O4S2. The van der Waals surface area contributed by atoms with Crippen LogP contribution in [0.4, 0.5) is 0 Å². The van der Waals surface area contributed by atoms with E-state index >= 15 is 0 Å². The Balaban J connectivity index is 1.48. The molecule has 1 saturated heterocycles. The molecule has 1 aliphatic heterocycles. The summed E-state index contributed by atoms with van der Waals surface area (Å²) in [6.07, 6.45) is 2.25. The number of aromatic nitrogens is 3. The van der Waals surface area contributed by atoms with E-state index in [2.05, 4.69) is 14.8 Å². The first-order valence-corrected chi connectivity index (χ1v) is 11.9. The highest BCUT2D eigenvalue weighted by Crippen LogP contribution is 2.33. The molecule has 0 bridgehead atoms. The van der Waals surface area contributed by atoms with Crippen LogP contribution in [-0.2, 0) is 17.0 Å². The predicted octanol–water partition coefficient (Wildman–Crippen LogP) is 4.60. The summed E-state index contributed by atoms with van der Waals surface area (Å²) in [5.41, 5.74) is 1.38. The number of phenols is 1. The van der Waals surface area contributed by atoms with Crippen LogP contribution in [0.5, 0.6) is 5.75 Å². The lowest BCUT2D eigenvalue weighted by Crippen LogP contribution is -2.16. The molecule has 0 saturated carbocycles. The van der Waals surface area contributed by atoms with Gasteiger partial charge in [-0.05, 0) is 48.9 Å². The van der Waals surface area contributed by atoms with Crippen molar-refractivity contribution in [1.29, 1.82) is 0 Å². The van der Waals surface area contributed by atoms with E-state index in [1.165, 1.54) is 17.8 Å². The normalized spacial score (nSPS) is 16.4. The summed E-state index contributed by atoms with van der Waals surface area (Å²) < 4.78 is 13.3. The standard InChI is InChI=1S/C22H21N3O4S2/c1-13-17(26)7-6-16-14(10-19(27)29-20(13)16)12-31-22-24-23-21(18-5-3-9-30-18)25(22)11-15-4-2-8-28-15/h3,5-7,9-10,15,26H,2,4,8,11-12H2,1H3. The molecule has 4 aromatic rings. The van der Waals surface area contributed by atoms with Gasteiger partial charge in [-0.15, -0.1) is 21.5 Å². The van der Waals surface area contributed by atoms with Gasteiger partial charge in [0.15, 0.2) is 11.0 Å². The van der Waals surface area contributed by atoms with Crippen LogP contribution in [0.1, 0.15) is 24.0 Å². The Hall–Kier alpha value is -2.62. The van der Waals surface area contributed by atoms with Gasteiger partial charge in [0.1, 0.15) is 11.3 Å². The lowest BCUT2D eigenvalue weighted by atomic mass is 10.1. The fourth-order valence-electron chi connectivity index (χ4n) is 3.82. The average molecular weight is 456 g/mol. The highest BCUT2D eigenvalue weighted by atomic mass is 32.2. The van der Waals surface area contributed by atoms with Crippen LogP contribution < -0.4 is 5.63 Å². The van der Waals surface area contributed by atoms with Gasteiger partial charge in [0.05, 0.1) is 17.5 Å². The van der Waals surface area contributed by atoms with Crippen molar-refractivity contribution in [3.8, 4) is 16.5 Å². The van der Waals surface area contributed by atoms with Gasteiger partial charge in [0.25, 0.3) is 0 Å². The van der Waals surface area contributed by atoms with E-state index in [0.29, 0.717) is 23.4 Å². The summed E-state index contributed by atoms with van der Waals surface area (Å²) in [4.78, 5) is 13.2. The Morgan fingerprint density at radius 2 is 2.23 bits per heavy atom. The fourth-order valence-corrected chi connectivity index (χ4v) is 5.47. The smallest absolute Gasteiger partial charge is 0.336 e. The van der Waals surface area contributed by atoms with Crippen molar-refractivity contribution >= 4 is 34.1 Å². The second-order valence-corrected chi connectivity index (χ2v) is 9.39. The lowest BCUT2D eigenvalue weighted by Gasteiger charge is -2.14. The number of nitrogens with zero attached hydrogens (tertiary/aromatic N) is 3. The number of benzene rings is 1. The summed E-state index contributed by atoms with van der Waals surface area (Å²) >= 11 is 3.16. The molecule has 1 aromatic carbocycles. The molecule has 4 heterocycles. The second-order valence-electron chi connectivity index (χ2n) is 7.49. The number of thioether (sulfide) groups is 1. The van der Waals surface area contributed by atoms with E-state index in [1.807, 2.05) is 17.5 Å². The Morgan fingerprint density at radius 3 is 3.00 bits per heavy atom. The maximum absolute atomic E-state index is 12.1. The van der Waals surface area contributed by atoms with Crippen LogP contribution in [0.25, 0.3) is 21.7 Å². The van der Waals surface area contributed by atoms with Crippen molar-refractivity contribution in [2.45, 2.75) is 43.3 Å². The minimum atomic E-state index is -0.433. The zero-order valence-corrected chi connectivity index (χ0v) is 18.5. The zero-order chi connectivity index (χ0) is 21.4. The van der Waals surface area contributed by atoms with Gasteiger partial charge in [-0.2, -0.15) is 0 Å². The number of hydrogen-bond donors (Lipinski definition) is 1. The zero-order valence-electron chi connectivity index (χ0n) is 16.9. The molecule has 1 fully saturated rings. The summed E-state index contributed by atoms with van der Waals surface area (Å²) in [6.45, 7) is 3.23. The lowest BCUT2D eigenvalue weighted by molar-refractivity contribution is 0.0953. The van der Waals surface area contributed by atoms with Crippen LogP contribution in [0.3, 0.4) is 0 Å². The first-order chi connectivity index (χ1) is 15.1. The molecule has 7 nitrogen and oxygen atoms in total. The van der Waals surface area contributed by atoms with Crippen molar-refractivity contribution in [3.05, 3.63) is 57.3 Å². The molecule has 1 aliphatic rings. The highest BCUT2D eigenvalue weighted by molar-refractivity contribution is 7.98. The van der Waals surface area contributed by atoms with Gasteiger partial charge in [-0.1, -0.05) is 17.8 Å². The Bertz CT molecular complexity index is 1270. The van der Waals surface area contributed by atoms with Crippen LogP contribution in [0.2, 0.25) is 0 Å². The minimum absolute atomic E-state index is 0.109. The van der Waals surface area contributed by atoms with Gasteiger partial charge < -0.3 is 14.3 Å². The molecule has 9 heteroatoms. The van der Waals surface area contributed by atoms with Crippen molar-refractivity contribution in [2.75, 3.05) is 6.61 Å². The molecule has 1 atom stereocenters. The van der Waals surface area contributed by atoms with Crippen LogP contribution >= 0.6 is 23.1 Å². The fraction of sp³-hybridized carbons (Fsp3) is 0.318. The van der Waals surface area contributed by atoms with Gasteiger partial charge >= 0.3 is 5.63 Å². The number of ether oxygens (including phenoxy) is 1. The van der Waals surface area contributed by atoms with E-state index in [0.717, 1.165) is 46.3 Å². The second kappa shape index (κ2) is 8.49. The quantitative estimate of drug-likeness (QED) is 0.336. The van der Waals surface area contributed by atoms with Crippen molar-refractivity contribution in [1.82, 2.24) is 14.8 Å². The number of aromatic hydroxyl groups is 1. The highest BCUT2D eigenvalue weighted by Gasteiger charge is 2.22. The van der Waals surface area contributed by atoms with Crippen molar-refractivity contribution < 1.29 is 14.3 Å². The van der Waals surface area contributed by atoms with Crippen LogP contribution in [0.15, 0.2) is 50.1 Å². The van der Waals surface area contributed by atoms with E-state index in [9.17, 15) is 9.90 Å². The summed E-state index contributed by atoms with van der Waals surface area (Å²) in [5.74, 6) is 1.48. The van der Waals surface area contributed by atoms with Gasteiger partial charge in [-0.3, -0.25) is 4.57 Å². The summed E-state index contributed by atoms with van der Waals surface area (Å²) in [7, 11) is 0. The average Bonchev–Trinajstić information content (AvgIpc) is 3.52. The SMILES string of the molecule is Cc1c(O)ccc2c(CSc3nnc(-c4cccs4)n3CC3CCCO3)cc(=O)oc12. The number of rotatable bonds is 6. The topological polar surface area (TPSA) is 90.4 Å². The third-order valence-electron chi connectivity index (χ3n) is 5.44. The van der Waals surface area contributed by atoms with E-state index < -0.39 is 5.63 Å². The maximum atomic E-state index is 12.1. The molecule has 0 aliphatic carbocycles. The Morgan fingerprint density at radius 1 is 1.32 bits per heavy atom. The molecular weight excluding hydrogens is 434 g/mol. The molecule has 1 unspecified atom stereocenters. The molecule has 31 heavy (non-hydrogen) atoms.